The van der Waals surface area contributed by atoms with Gasteiger partial charge < -0.3 is 0 Å². The second-order valence-corrected chi connectivity index (χ2v) is 24.8. The molecule has 4 saturated carbocycles. The van der Waals surface area contributed by atoms with E-state index in [0.717, 1.165) is 35.5 Å². The van der Waals surface area contributed by atoms with E-state index in [9.17, 15) is 0 Å². The third kappa shape index (κ3) is 20.4. The first-order valence-electron chi connectivity index (χ1n) is 27.4. The molecule has 0 radical (unpaired) electrons. The quantitative estimate of drug-likeness (QED) is 0.0689. The summed E-state index contributed by atoms with van der Waals surface area (Å²) in [5, 5.41) is -0.196. The van der Waals surface area contributed by atoms with E-state index in [4.69, 9.17) is 23.2 Å². The maximum atomic E-state index is 7.07. The Kier molecular flexibility index (Phi) is 26.1. The highest BCUT2D eigenvalue weighted by atomic mass is 35.5. The summed E-state index contributed by atoms with van der Waals surface area (Å²) < 4.78 is 0. The van der Waals surface area contributed by atoms with Gasteiger partial charge in [0, 0.05) is 10.8 Å². The fourth-order valence-electron chi connectivity index (χ4n) is 12.0. The van der Waals surface area contributed by atoms with Gasteiger partial charge in [-0.2, -0.15) is 0 Å². The maximum absolute atomic E-state index is 7.07. The van der Waals surface area contributed by atoms with Crippen LogP contribution in [0.1, 0.15) is 275 Å². The van der Waals surface area contributed by atoms with Crippen LogP contribution in [0.3, 0.4) is 0 Å². The van der Waals surface area contributed by atoms with E-state index in [-0.39, 0.29) is 32.4 Å². The molecule has 2 heteroatoms. The summed E-state index contributed by atoms with van der Waals surface area (Å²) in [6.07, 6.45) is 44.6. The van der Waals surface area contributed by atoms with Crippen molar-refractivity contribution in [1.29, 1.82) is 0 Å². The van der Waals surface area contributed by atoms with Gasteiger partial charge in [0.2, 0.25) is 0 Å². The van der Waals surface area contributed by atoms with Crippen LogP contribution in [-0.2, 0) is 0 Å². The van der Waals surface area contributed by atoms with Crippen LogP contribution in [0.25, 0.3) is 0 Å². The van der Waals surface area contributed by atoms with E-state index in [1.807, 2.05) is 0 Å². The molecule has 356 valence electrons. The Hall–Kier alpha value is -0.740. The maximum Gasteiger partial charge on any atom is 0.0999 e. The number of hydrogen-bond acceptors (Lipinski definition) is 0. The van der Waals surface area contributed by atoms with Crippen molar-refractivity contribution in [2.24, 2.45) is 57.2 Å². The zero-order valence-corrected chi connectivity index (χ0v) is 44.5. The van der Waals surface area contributed by atoms with Crippen LogP contribution in [-0.4, -0.2) is 10.8 Å². The van der Waals surface area contributed by atoms with Gasteiger partial charge in [0.15, 0.2) is 0 Å². The van der Waals surface area contributed by atoms with Crippen LogP contribution in [0.2, 0.25) is 0 Å². The second kappa shape index (κ2) is 29.1. The van der Waals surface area contributed by atoms with Crippen LogP contribution < -0.4 is 0 Å². The molecule has 0 aromatic heterocycles. The predicted molar refractivity (Wildman–Crippen MR) is 278 cm³/mol. The fourth-order valence-corrected chi connectivity index (χ4v) is 12.5. The molecule has 0 spiro atoms. The number of unbranched alkanes of at least 4 members (excludes halogenated alkanes) is 8. The molecule has 4 aliphatic carbocycles. The van der Waals surface area contributed by atoms with Crippen molar-refractivity contribution in [1.82, 2.24) is 0 Å². The molecule has 0 aliphatic heterocycles. The SMILES string of the molecule is CCCCCC1CCC(C2CCC(C#CC#CC(C)(C)C)(CCCCC)CC2)CC1.CCCCCC1CCC(C2CCC(CCCCC)(C(Cl)C#CC(Cl)C(C)(C)C)CC2)CC1. The van der Waals surface area contributed by atoms with Crippen molar-refractivity contribution in [3.8, 4) is 35.5 Å². The molecule has 4 fully saturated rings. The molecule has 4 rings (SSSR count). The minimum atomic E-state index is -0.139. The van der Waals surface area contributed by atoms with Crippen molar-refractivity contribution in [3.05, 3.63) is 0 Å². The van der Waals surface area contributed by atoms with Crippen LogP contribution in [0.4, 0.5) is 0 Å². The molecule has 0 aromatic rings. The van der Waals surface area contributed by atoms with E-state index in [1.165, 1.54) is 205 Å². The van der Waals surface area contributed by atoms with Gasteiger partial charge >= 0.3 is 0 Å². The average Bonchev–Trinajstić information content (AvgIpc) is 3.25. The zero-order chi connectivity index (χ0) is 45.5. The summed E-state index contributed by atoms with van der Waals surface area (Å²) in [5.41, 5.74) is 0.506. The molecule has 2 unspecified atom stereocenters. The molecule has 62 heavy (non-hydrogen) atoms. The van der Waals surface area contributed by atoms with Crippen LogP contribution in [0.15, 0.2) is 0 Å². The summed E-state index contributed by atoms with van der Waals surface area (Å²) in [4.78, 5) is 0. The first-order chi connectivity index (χ1) is 29.6. The van der Waals surface area contributed by atoms with Gasteiger partial charge in [-0.25, -0.2) is 0 Å². The minimum Gasteiger partial charge on any atom is -0.108 e. The van der Waals surface area contributed by atoms with Crippen molar-refractivity contribution < 1.29 is 0 Å². The Morgan fingerprint density at radius 3 is 1.34 bits per heavy atom. The second-order valence-electron chi connectivity index (χ2n) is 23.9. The van der Waals surface area contributed by atoms with Gasteiger partial charge in [-0.3, -0.25) is 0 Å². The number of rotatable bonds is 19. The molecule has 0 aromatic carbocycles. The minimum absolute atomic E-state index is 0.00637. The largest absolute Gasteiger partial charge is 0.108 e. The number of hydrogen-bond donors (Lipinski definition) is 0. The Bertz CT molecular complexity index is 1360. The molecule has 0 saturated heterocycles. The molecule has 0 nitrogen and oxygen atoms in total. The first-order valence-corrected chi connectivity index (χ1v) is 28.3. The highest BCUT2D eigenvalue weighted by molar-refractivity contribution is 6.24. The van der Waals surface area contributed by atoms with Crippen molar-refractivity contribution >= 4 is 23.2 Å². The van der Waals surface area contributed by atoms with Gasteiger partial charge in [0.1, 0.15) is 0 Å². The lowest BCUT2D eigenvalue weighted by molar-refractivity contribution is 0.0880. The summed E-state index contributed by atoms with van der Waals surface area (Å²) in [6.45, 7) is 22.2. The summed E-state index contributed by atoms with van der Waals surface area (Å²) in [7, 11) is 0. The standard InChI is InChI=1S/C30H52Cl2.C30H50/c1-6-8-10-12-24-13-15-25(16-14-24)26-19-22-30(23-20-26,21-11-9-7-2)28(32)18-17-27(31)29(3,4)5;1-6-8-10-14-26-15-17-27(18-16-26)28-19-24-30(25-20-28,22-11-9-7-2)23-13-12-21-29(3,4)5/h24-28H,6-16,19-23H2,1-5H3;26-28H,6-11,14-20,22,24-25H2,1-5H3. The Labute approximate surface area is 399 Å². The Balaban J connectivity index is 0.000000331. The van der Waals surface area contributed by atoms with Crippen LogP contribution >= 0.6 is 23.2 Å². The average molecular weight is 894 g/mol. The van der Waals surface area contributed by atoms with Gasteiger partial charge in [0.25, 0.3) is 0 Å². The molecule has 2 atom stereocenters. The lowest BCUT2D eigenvalue weighted by Crippen LogP contribution is -2.37. The van der Waals surface area contributed by atoms with Gasteiger partial charge in [0.05, 0.1) is 10.8 Å². The highest BCUT2D eigenvalue weighted by Gasteiger charge is 2.42. The van der Waals surface area contributed by atoms with E-state index in [2.05, 4.69) is 105 Å². The van der Waals surface area contributed by atoms with E-state index >= 15 is 0 Å². The Morgan fingerprint density at radius 2 is 0.903 bits per heavy atom. The zero-order valence-electron chi connectivity index (χ0n) is 43.0. The smallest absolute Gasteiger partial charge is 0.0999 e. The topological polar surface area (TPSA) is 0 Å². The van der Waals surface area contributed by atoms with Crippen molar-refractivity contribution in [2.75, 3.05) is 0 Å². The third-order valence-electron chi connectivity index (χ3n) is 16.6. The van der Waals surface area contributed by atoms with Crippen LogP contribution in [0, 0.1) is 92.7 Å². The third-order valence-corrected chi connectivity index (χ3v) is 17.9. The molecule has 4 aliphatic rings. The molecule has 0 N–H and O–H groups in total. The van der Waals surface area contributed by atoms with Gasteiger partial charge in [-0.05, 0) is 169 Å². The molecule has 0 amide bonds. The lowest BCUT2D eigenvalue weighted by atomic mass is 9.61. The van der Waals surface area contributed by atoms with E-state index < -0.39 is 0 Å². The molecular formula is C60H102Cl2. The summed E-state index contributed by atoms with van der Waals surface area (Å²) in [6, 6.07) is 0. The van der Waals surface area contributed by atoms with Crippen molar-refractivity contribution in [2.45, 2.75) is 285 Å². The number of alkyl halides is 2. The summed E-state index contributed by atoms with van der Waals surface area (Å²) in [5.74, 6) is 26.2. The van der Waals surface area contributed by atoms with E-state index in [1.54, 1.807) is 0 Å². The van der Waals surface area contributed by atoms with Gasteiger partial charge in [-0.1, -0.05) is 188 Å². The fraction of sp³-hybridized carbons (Fsp3) is 0.900. The monoisotopic (exact) mass is 893 g/mol. The van der Waals surface area contributed by atoms with E-state index in [0.29, 0.717) is 0 Å². The lowest BCUT2D eigenvalue weighted by Gasteiger charge is -2.45. The van der Waals surface area contributed by atoms with Crippen molar-refractivity contribution in [3.63, 3.8) is 0 Å². The number of halogens is 2. The van der Waals surface area contributed by atoms with Crippen LogP contribution in [0.5, 0.6) is 0 Å². The normalized spacial score (nSPS) is 30.2. The molecule has 0 heterocycles. The Morgan fingerprint density at radius 1 is 0.484 bits per heavy atom. The summed E-state index contributed by atoms with van der Waals surface area (Å²) >= 11 is 13.6. The highest BCUT2D eigenvalue weighted by Crippen LogP contribution is 2.52. The first kappa shape index (κ1) is 55.6. The molecular weight excluding hydrogens is 792 g/mol. The molecule has 0 bridgehead atoms. The predicted octanol–water partition coefficient (Wildman–Crippen LogP) is 19.6. The van der Waals surface area contributed by atoms with Gasteiger partial charge in [-0.15, -0.1) is 23.2 Å².